The Bertz CT molecular complexity index is 718. The van der Waals surface area contributed by atoms with Gasteiger partial charge in [-0.1, -0.05) is 22.0 Å². The van der Waals surface area contributed by atoms with Gasteiger partial charge in [-0.2, -0.15) is 9.80 Å². The van der Waals surface area contributed by atoms with E-state index in [1.165, 1.54) is 0 Å². The van der Waals surface area contributed by atoms with Crippen molar-refractivity contribution in [1.82, 2.24) is 9.78 Å². The van der Waals surface area contributed by atoms with E-state index in [1.807, 2.05) is 12.1 Å². The molecule has 0 saturated heterocycles. The SMILES string of the molecule is Cc1[nH]n(C(N)=S)c(=O)c1N=Nc1cccc(Br)c1. The fourth-order valence-electron chi connectivity index (χ4n) is 1.46. The molecule has 0 amide bonds. The Morgan fingerprint density at radius 2 is 2.21 bits per heavy atom. The molecule has 98 valence electrons. The first-order valence-electron chi connectivity index (χ1n) is 5.28. The molecule has 1 heterocycles. The van der Waals surface area contributed by atoms with Crippen molar-refractivity contribution in [2.45, 2.75) is 6.92 Å². The lowest BCUT2D eigenvalue weighted by Gasteiger charge is -1.93. The number of benzene rings is 1. The van der Waals surface area contributed by atoms with Gasteiger partial charge in [0, 0.05) is 4.47 Å². The summed E-state index contributed by atoms with van der Waals surface area (Å²) >= 11 is 8.08. The second kappa shape index (κ2) is 5.45. The van der Waals surface area contributed by atoms with Crippen molar-refractivity contribution in [3.05, 3.63) is 44.8 Å². The van der Waals surface area contributed by atoms with Gasteiger partial charge in [-0.05, 0) is 37.3 Å². The summed E-state index contributed by atoms with van der Waals surface area (Å²) in [5.41, 5.74) is 6.37. The van der Waals surface area contributed by atoms with Gasteiger partial charge in [-0.15, -0.1) is 5.11 Å². The highest BCUT2D eigenvalue weighted by Gasteiger charge is 2.11. The number of aromatic nitrogens is 2. The Morgan fingerprint density at radius 1 is 1.47 bits per heavy atom. The summed E-state index contributed by atoms with van der Waals surface area (Å²) in [7, 11) is 0. The third kappa shape index (κ3) is 2.96. The van der Waals surface area contributed by atoms with Crippen LogP contribution in [0.2, 0.25) is 0 Å². The van der Waals surface area contributed by atoms with Crippen LogP contribution in [0.3, 0.4) is 0 Å². The molecule has 0 saturated carbocycles. The van der Waals surface area contributed by atoms with Crippen LogP contribution in [0.1, 0.15) is 5.69 Å². The Kier molecular flexibility index (Phi) is 3.91. The number of rotatable bonds is 2. The largest absolute Gasteiger partial charge is 0.374 e. The number of thiocarbonyl (C=S) groups is 1. The quantitative estimate of drug-likeness (QED) is 0.651. The van der Waals surface area contributed by atoms with Crippen LogP contribution >= 0.6 is 28.1 Å². The molecule has 3 N–H and O–H groups in total. The van der Waals surface area contributed by atoms with Gasteiger partial charge in [0.25, 0.3) is 0 Å². The van der Waals surface area contributed by atoms with E-state index in [-0.39, 0.29) is 10.8 Å². The number of aromatic amines is 1. The smallest absolute Gasteiger partial charge is 0.301 e. The molecule has 0 fully saturated rings. The first-order valence-corrected chi connectivity index (χ1v) is 6.48. The third-order valence-corrected chi connectivity index (χ3v) is 3.01. The maximum atomic E-state index is 11.9. The maximum absolute atomic E-state index is 11.9. The van der Waals surface area contributed by atoms with Crippen LogP contribution in [0.5, 0.6) is 0 Å². The molecule has 0 spiro atoms. The Labute approximate surface area is 122 Å². The second-order valence-corrected chi connectivity index (χ2v) is 5.08. The lowest BCUT2D eigenvalue weighted by molar-refractivity contribution is 0.889. The monoisotopic (exact) mass is 339 g/mol. The molecule has 0 aliphatic heterocycles. The number of hydrogen-bond acceptors (Lipinski definition) is 4. The minimum atomic E-state index is -0.413. The fourth-order valence-corrected chi connectivity index (χ4v) is 1.97. The number of aryl methyl sites for hydroxylation is 1. The zero-order chi connectivity index (χ0) is 14.0. The molecule has 1 aromatic heterocycles. The molecule has 0 aliphatic rings. The normalized spacial score (nSPS) is 11.1. The summed E-state index contributed by atoms with van der Waals surface area (Å²) in [5, 5.41) is 10.6. The average Bonchev–Trinajstić information content (AvgIpc) is 2.63. The number of hydrogen-bond donors (Lipinski definition) is 2. The van der Waals surface area contributed by atoms with E-state index in [1.54, 1.807) is 19.1 Å². The van der Waals surface area contributed by atoms with Gasteiger partial charge < -0.3 is 5.73 Å². The Hall–Kier alpha value is -1.80. The van der Waals surface area contributed by atoms with E-state index in [0.29, 0.717) is 11.4 Å². The van der Waals surface area contributed by atoms with Crippen LogP contribution < -0.4 is 11.3 Å². The summed E-state index contributed by atoms with van der Waals surface area (Å²) in [4.78, 5) is 11.9. The van der Waals surface area contributed by atoms with Crippen molar-refractivity contribution in [2.75, 3.05) is 0 Å². The minimum absolute atomic E-state index is 0.0583. The Balaban J connectivity index is 2.39. The first kappa shape index (κ1) is 13.6. The van der Waals surface area contributed by atoms with Gasteiger partial charge >= 0.3 is 5.56 Å². The molecule has 0 atom stereocenters. The van der Waals surface area contributed by atoms with Gasteiger partial charge in [-0.25, -0.2) is 0 Å². The molecule has 0 unspecified atom stereocenters. The third-order valence-electron chi connectivity index (χ3n) is 2.33. The molecule has 0 radical (unpaired) electrons. The van der Waals surface area contributed by atoms with E-state index >= 15 is 0 Å². The van der Waals surface area contributed by atoms with Crippen LogP contribution in [0.25, 0.3) is 0 Å². The molecular weight excluding hydrogens is 330 g/mol. The number of nitrogens with two attached hydrogens (primary N) is 1. The summed E-state index contributed by atoms with van der Waals surface area (Å²) in [6, 6.07) is 7.27. The van der Waals surface area contributed by atoms with Crippen LogP contribution in [0.4, 0.5) is 11.4 Å². The molecule has 19 heavy (non-hydrogen) atoms. The van der Waals surface area contributed by atoms with Gasteiger partial charge in [0.05, 0.1) is 11.4 Å². The van der Waals surface area contributed by atoms with Crippen molar-refractivity contribution < 1.29 is 0 Å². The zero-order valence-corrected chi connectivity index (χ0v) is 12.3. The molecule has 2 rings (SSSR count). The molecule has 8 heteroatoms. The van der Waals surface area contributed by atoms with Crippen molar-refractivity contribution in [3.63, 3.8) is 0 Å². The number of nitrogens with one attached hydrogen (secondary N) is 1. The van der Waals surface area contributed by atoms with E-state index in [2.05, 4.69) is 31.3 Å². The van der Waals surface area contributed by atoms with Crippen LogP contribution in [0, 0.1) is 6.92 Å². The van der Waals surface area contributed by atoms with Gasteiger partial charge in [-0.3, -0.25) is 9.89 Å². The van der Waals surface area contributed by atoms with E-state index in [0.717, 1.165) is 9.15 Å². The Morgan fingerprint density at radius 3 is 2.79 bits per heavy atom. The highest BCUT2D eigenvalue weighted by Crippen LogP contribution is 2.21. The maximum Gasteiger partial charge on any atom is 0.301 e. The highest BCUT2D eigenvalue weighted by molar-refractivity contribution is 9.10. The number of halogens is 1. The molecule has 0 aliphatic carbocycles. The predicted molar refractivity (Wildman–Crippen MR) is 80.3 cm³/mol. The first-order chi connectivity index (χ1) is 8.99. The molecule has 6 nitrogen and oxygen atoms in total. The number of azo groups is 1. The lowest BCUT2D eigenvalue weighted by Crippen LogP contribution is -2.29. The van der Waals surface area contributed by atoms with Gasteiger partial charge in [0.15, 0.2) is 10.8 Å². The molecular formula is C11H10BrN5OS. The number of H-pyrrole nitrogens is 1. The molecule has 1 aromatic carbocycles. The van der Waals surface area contributed by atoms with Gasteiger partial charge in [0.1, 0.15) is 0 Å². The van der Waals surface area contributed by atoms with Crippen LogP contribution in [0.15, 0.2) is 43.8 Å². The average molecular weight is 340 g/mol. The van der Waals surface area contributed by atoms with E-state index < -0.39 is 5.56 Å². The van der Waals surface area contributed by atoms with Gasteiger partial charge in [0.2, 0.25) is 0 Å². The standard InChI is InChI=1S/C11H10BrN5OS/c1-6-9(10(18)17(16-6)11(13)19)15-14-8-4-2-3-7(12)5-8/h2-5,16H,1H3,(H2,13,19). The second-order valence-electron chi connectivity index (χ2n) is 3.74. The zero-order valence-electron chi connectivity index (χ0n) is 9.92. The summed E-state index contributed by atoms with van der Waals surface area (Å²) in [5.74, 6) is 0. The minimum Gasteiger partial charge on any atom is -0.374 e. The predicted octanol–water partition coefficient (Wildman–Crippen LogP) is 2.75. The lowest BCUT2D eigenvalue weighted by atomic mass is 10.3. The number of nitrogens with zero attached hydrogens (tertiary/aromatic N) is 3. The highest BCUT2D eigenvalue weighted by atomic mass is 79.9. The van der Waals surface area contributed by atoms with Crippen molar-refractivity contribution in [3.8, 4) is 0 Å². The van der Waals surface area contributed by atoms with Crippen LogP contribution in [-0.2, 0) is 0 Å². The van der Waals surface area contributed by atoms with Crippen molar-refractivity contribution >= 4 is 44.6 Å². The summed E-state index contributed by atoms with van der Waals surface area (Å²) in [6.45, 7) is 1.70. The van der Waals surface area contributed by atoms with E-state index in [4.69, 9.17) is 18.0 Å². The summed E-state index contributed by atoms with van der Waals surface area (Å²) in [6.07, 6.45) is 0. The fraction of sp³-hybridized carbons (Fsp3) is 0.0909. The van der Waals surface area contributed by atoms with E-state index in [9.17, 15) is 4.79 Å². The summed E-state index contributed by atoms with van der Waals surface area (Å²) < 4.78 is 1.94. The van der Waals surface area contributed by atoms with Crippen molar-refractivity contribution in [2.24, 2.45) is 16.0 Å². The topological polar surface area (TPSA) is 88.5 Å². The van der Waals surface area contributed by atoms with Crippen molar-refractivity contribution in [1.29, 1.82) is 0 Å². The van der Waals surface area contributed by atoms with Crippen LogP contribution in [-0.4, -0.2) is 14.9 Å². The molecule has 0 bridgehead atoms. The molecule has 2 aromatic rings.